The Morgan fingerprint density at radius 2 is 1.07 bits per heavy atom. The first kappa shape index (κ1) is 60.2. The predicted molar refractivity (Wildman–Crippen MR) is 279 cm³/mol. The Bertz CT molecular complexity index is 2720. The number of amides is 4. The van der Waals surface area contributed by atoms with Gasteiger partial charge in [0, 0.05) is 24.2 Å². The van der Waals surface area contributed by atoms with Crippen LogP contribution in [0.15, 0.2) is 126 Å². The highest BCUT2D eigenvalue weighted by molar-refractivity contribution is 9.11. The molecule has 392 valence electrons. The first-order valence-corrected chi connectivity index (χ1v) is 24.8. The number of carbonyl (C=O) groups excluding carboxylic acids is 4. The molecular weight excluding hydrogens is 1310 g/mol. The minimum absolute atomic E-state index is 0.0207. The van der Waals surface area contributed by atoms with Crippen LogP contribution in [0.3, 0.4) is 0 Å². The normalized spacial score (nSPS) is 16.0. The number of rotatable bonds is 11. The van der Waals surface area contributed by atoms with E-state index in [1.807, 2.05) is 0 Å². The van der Waals surface area contributed by atoms with E-state index < -0.39 is 53.7 Å². The van der Waals surface area contributed by atoms with Crippen LogP contribution >= 0.6 is 79.6 Å². The van der Waals surface area contributed by atoms with Crippen LogP contribution in [-0.2, 0) is 28.4 Å². The number of nitrogens with two attached hydrogens (primary N) is 1. The van der Waals surface area contributed by atoms with Gasteiger partial charge >= 0.3 is 24.4 Å². The van der Waals surface area contributed by atoms with Crippen molar-refractivity contribution in [3.05, 3.63) is 155 Å². The van der Waals surface area contributed by atoms with Crippen molar-refractivity contribution in [2.45, 2.75) is 18.2 Å². The van der Waals surface area contributed by atoms with Gasteiger partial charge in [-0.05, 0) is 171 Å². The molecule has 0 aromatic heterocycles. The number of ether oxygens (including phenoxy) is 6. The number of methoxy groups -OCH3 is 1. The maximum absolute atomic E-state index is 13.4. The summed E-state index contributed by atoms with van der Waals surface area (Å²) in [6.07, 6.45) is -0.835. The zero-order valence-electron chi connectivity index (χ0n) is 37.9. The summed E-state index contributed by atoms with van der Waals surface area (Å²) >= 11 is 15.1. The lowest BCUT2D eigenvalue weighted by Gasteiger charge is -2.20. The molecule has 3 atom stereocenters. The van der Waals surface area contributed by atoms with Crippen molar-refractivity contribution in [1.29, 1.82) is 0 Å². The van der Waals surface area contributed by atoms with Crippen LogP contribution in [-0.4, -0.2) is 101 Å². The molecule has 16 nitrogen and oxygen atoms in total. The van der Waals surface area contributed by atoms with E-state index in [4.69, 9.17) is 34.5 Å². The second kappa shape index (κ2) is 30.1. The number of halogens is 10. The fraction of sp³-hybridized carbons (Fsp3) is 0.234. The lowest BCUT2D eigenvalue weighted by Crippen LogP contribution is -2.36. The average Bonchev–Trinajstić information content (AvgIpc) is 4.02. The number of nitrogens with zero attached hydrogens (tertiary/aromatic N) is 2. The van der Waals surface area contributed by atoms with Crippen molar-refractivity contribution in [2.75, 3.05) is 79.5 Å². The van der Waals surface area contributed by atoms with Gasteiger partial charge in [0.25, 0.3) is 0 Å². The minimum Gasteiger partial charge on any atom is -0.447 e. The number of nitrogen functional groups attached to an aromatic ring is 1. The van der Waals surface area contributed by atoms with Crippen LogP contribution in [0.5, 0.6) is 0 Å². The molecule has 4 amide bonds. The third-order valence-electron chi connectivity index (χ3n) is 9.27. The average molecular weight is 1350 g/mol. The topological polar surface area (TPSA) is 204 Å². The molecule has 3 aliphatic rings. The van der Waals surface area contributed by atoms with E-state index in [0.29, 0.717) is 64.0 Å². The zero-order valence-corrected chi connectivity index (χ0v) is 45.8. The van der Waals surface area contributed by atoms with E-state index >= 15 is 0 Å². The number of epoxide rings is 1. The standard InChI is InChI=1S/C11H11BrFNO3.2C10H9BrFNO3.C10H9BrFNO2.C6H5BrFN/c1-16-5-8-6-17-11(15)14(8)7-2-3-9(12)10(13)4-7;11-8-2-1-6(3-9(8)12)13-10(14)16-5-7-4-15-7;11-8-2-1-6(3-9(8)12)13-7(4-14)5-16-10(13)15;1-2-5-15-10(14)13-7-3-4-8(11)9(12)6-7;7-5-2-1-4(9)3-6(5)8/h2-4,8H,5-6H2,1H3;1-3,7H,4-5H2,(H,13,14);1-3,7,14H,4-5H2;2-4,6H,1,5H2,(H,13,14);1-3H,9H2. The summed E-state index contributed by atoms with van der Waals surface area (Å²) in [5.41, 5.74) is 7.24. The number of anilines is 5. The second-order valence-corrected chi connectivity index (χ2v) is 18.9. The second-order valence-electron chi connectivity index (χ2n) is 14.7. The first-order chi connectivity index (χ1) is 34.7. The molecule has 0 radical (unpaired) electrons. The molecule has 3 fully saturated rings. The predicted octanol–water partition coefficient (Wildman–Crippen LogP) is 12.5. The fourth-order valence-electron chi connectivity index (χ4n) is 5.71. The molecule has 3 aliphatic heterocycles. The van der Waals surface area contributed by atoms with Gasteiger partial charge in [-0.2, -0.15) is 0 Å². The maximum Gasteiger partial charge on any atom is 0.414 e. The summed E-state index contributed by atoms with van der Waals surface area (Å²) in [4.78, 5) is 47.9. The van der Waals surface area contributed by atoms with E-state index in [2.05, 4.69) is 102 Å². The van der Waals surface area contributed by atoms with Gasteiger partial charge in [-0.25, -0.2) is 41.1 Å². The number of carbonyl (C=O) groups is 4. The Labute approximate surface area is 456 Å². The largest absolute Gasteiger partial charge is 0.447 e. The Morgan fingerprint density at radius 3 is 1.47 bits per heavy atom. The lowest BCUT2D eigenvalue weighted by atomic mass is 10.2. The smallest absolute Gasteiger partial charge is 0.414 e. The fourth-order valence-corrected chi connectivity index (χ4v) is 6.94. The quantitative estimate of drug-likeness (QED) is 0.0321. The summed E-state index contributed by atoms with van der Waals surface area (Å²) in [5.74, 6) is -2.10. The molecule has 3 unspecified atom stereocenters. The van der Waals surface area contributed by atoms with Crippen LogP contribution in [0.1, 0.15) is 0 Å². The number of hydrogen-bond acceptors (Lipinski definition) is 12. The number of benzene rings is 5. The molecule has 5 aromatic carbocycles. The van der Waals surface area contributed by atoms with Crippen molar-refractivity contribution in [3.63, 3.8) is 0 Å². The SMILES string of the molecule is C=CCOC(=O)Nc1ccc(Br)c(F)c1.COCC1COC(=O)N1c1ccc(Br)c(F)c1.Nc1ccc(Br)c(F)c1.O=C(Nc1ccc(Br)c(F)c1)OCC1CO1.O=C1OCC(CO)N1c1ccc(Br)c(F)c1. The molecule has 0 spiro atoms. The highest BCUT2D eigenvalue weighted by Gasteiger charge is 2.35. The van der Waals surface area contributed by atoms with E-state index in [9.17, 15) is 41.1 Å². The lowest BCUT2D eigenvalue weighted by molar-refractivity contribution is 0.150. The van der Waals surface area contributed by atoms with E-state index in [1.54, 1.807) is 49.6 Å². The zero-order chi connectivity index (χ0) is 53.8. The molecule has 3 saturated heterocycles. The van der Waals surface area contributed by atoms with Crippen molar-refractivity contribution in [2.24, 2.45) is 0 Å². The Morgan fingerprint density at radius 1 is 0.658 bits per heavy atom. The summed E-state index contributed by atoms with van der Waals surface area (Å²) in [7, 11) is 1.54. The highest BCUT2D eigenvalue weighted by atomic mass is 79.9. The summed E-state index contributed by atoms with van der Waals surface area (Å²) < 4.78 is 96.2. The molecular formula is C47H43Br5F5N5O11. The van der Waals surface area contributed by atoms with Crippen molar-refractivity contribution >= 4 is 132 Å². The maximum atomic E-state index is 13.4. The summed E-state index contributed by atoms with van der Waals surface area (Å²) in [5, 5.41) is 13.9. The Balaban J connectivity index is 0.000000200. The van der Waals surface area contributed by atoms with Crippen LogP contribution in [0.2, 0.25) is 0 Å². The van der Waals surface area contributed by atoms with E-state index in [0.717, 1.165) is 0 Å². The Hall–Kier alpha value is -5.35. The summed E-state index contributed by atoms with van der Waals surface area (Å²) in [6.45, 7) is 4.87. The molecule has 26 heteroatoms. The third kappa shape index (κ3) is 19.8. The molecule has 5 N–H and O–H groups in total. The van der Waals surface area contributed by atoms with Gasteiger partial charge in [-0.3, -0.25) is 20.4 Å². The van der Waals surface area contributed by atoms with Gasteiger partial charge in [-0.15, -0.1) is 0 Å². The van der Waals surface area contributed by atoms with Crippen molar-refractivity contribution < 1.29 is 74.7 Å². The van der Waals surface area contributed by atoms with Gasteiger partial charge in [-0.1, -0.05) is 12.7 Å². The third-order valence-corrected chi connectivity index (χ3v) is 12.5. The molecule has 5 aromatic rings. The monoisotopic (exact) mass is 1340 g/mol. The Kier molecular flexibility index (Phi) is 24.8. The van der Waals surface area contributed by atoms with Crippen LogP contribution < -0.4 is 26.2 Å². The minimum atomic E-state index is -0.642. The van der Waals surface area contributed by atoms with Crippen LogP contribution in [0.25, 0.3) is 0 Å². The van der Waals surface area contributed by atoms with Crippen LogP contribution in [0, 0.1) is 29.1 Å². The van der Waals surface area contributed by atoms with Gasteiger partial charge in [0.2, 0.25) is 0 Å². The summed E-state index contributed by atoms with van der Waals surface area (Å²) in [6, 6.07) is 21.2. The molecule has 0 bridgehead atoms. The van der Waals surface area contributed by atoms with E-state index in [-0.39, 0.29) is 51.0 Å². The number of aliphatic hydroxyl groups excluding tert-OH is 1. The number of nitrogens with one attached hydrogen (secondary N) is 2. The molecule has 73 heavy (non-hydrogen) atoms. The van der Waals surface area contributed by atoms with Gasteiger partial charge in [0.05, 0.1) is 65.6 Å². The number of aliphatic hydroxyl groups is 1. The van der Waals surface area contributed by atoms with Gasteiger partial charge < -0.3 is 39.3 Å². The van der Waals surface area contributed by atoms with Crippen LogP contribution in [0.4, 0.5) is 69.6 Å². The van der Waals surface area contributed by atoms with Gasteiger partial charge in [0.15, 0.2) is 0 Å². The highest BCUT2D eigenvalue weighted by Crippen LogP contribution is 2.29. The molecule has 3 heterocycles. The number of cyclic esters (lactones) is 2. The first-order valence-electron chi connectivity index (χ1n) is 20.9. The van der Waals surface area contributed by atoms with Gasteiger partial charge in [0.1, 0.15) is 61.6 Å². The van der Waals surface area contributed by atoms with E-state index in [1.165, 1.54) is 64.4 Å². The van der Waals surface area contributed by atoms with Crippen molar-refractivity contribution in [3.8, 4) is 0 Å². The number of hydrogen-bond donors (Lipinski definition) is 4. The molecule has 0 saturated carbocycles. The molecule has 0 aliphatic carbocycles. The van der Waals surface area contributed by atoms with Crippen molar-refractivity contribution in [1.82, 2.24) is 0 Å². The molecule has 8 rings (SSSR count).